The lowest BCUT2D eigenvalue weighted by atomic mass is 10.00. The van der Waals surface area contributed by atoms with E-state index >= 15 is 0 Å². The summed E-state index contributed by atoms with van der Waals surface area (Å²) in [6, 6.07) is 0.309. The maximum atomic E-state index is 11.3. The van der Waals surface area contributed by atoms with E-state index in [0.717, 1.165) is 0 Å². The summed E-state index contributed by atoms with van der Waals surface area (Å²) < 4.78 is 0. The van der Waals surface area contributed by atoms with Crippen molar-refractivity contribution in [1.82, 2.24) is 5.32 Å². The maximum absolute atomic E-state index is 11.3. The molecule has 3 heteroatoms. The van der Waals surface area contributed by atoms with Gasteiger partial charge in [0.05, 0.1) is 0 Å². The van der Waals surface area contributed by atoms with Crippen molar-refractivity contribution in [2.24, 2.45) is 5.92 Å². The normalized spacial score (nSPS) is 19.6. The van der Waals surface area contributed by atoms with Gasteiger partial charge >= 0.3 is 0 Å². The molecule has 1 saturated carbocycles. The molecule has 1 aliphatic rings. The Morgan fingerprint density at radius 1 is 1.50 bits per heavy atom. The first-order valence-corrected chi connectivity index (χ1v) is 5.64. The second-order valence-electron chi connectivity index (χ2n) is 4.23. The standard InChI is InChI=1S/C11H21NO2/c1-9(10-5-2-3-6-10)12-11(14)7-4-8-13/h9-10,13H,2-8H2,1H3,(H,12,14). The van der Waals surface area contributed by atoms with Crippen LogP contribution < -0.4 is 5.32 Å². The topological polar surface area (TPSA) is 49.3 Å². The molecular weight excluding hydrogens is 178 g/mol. The van der Waals surface area contributed by atoms with Crippen molar-refractivity contribution in [2.75, 3.05) is 6.61 Å². The molecule has 1 amide bonds. The van der Waals surface area contributed by atoms with Gasteiger partial charge in [0.25, 0.3) is 0 Å². The largest absolute Gasteiger partial charge is 0.396 e. The van der Waals surface area contributed by atoms with Gasteiger partial charge in [-0.25, -0.2) is 0 Å². The van der Waals surface area contributed by atoms with Crippen molar-refractivity contribution >= 4 is 5.91 Å². The minimum atomic E-state index is 0.0819. The van der Waals surface area contributed by atoms with Crippen molar-refractivity contribution in [3.05, 3.63) is 0 Å². The molecule has 82 valence electrons. The zero-order valence-electron chi connectivity index (χ0n) is 8.96. The highest BCUT2D eigenvalue weighted by molar-refractivity contribution is 5.76. The summed E-state index contributed by atoms with van der Waals surface area (Å²) in [4.78, 5) is 11.3. The molecule has 0 bridgehead atoms. The second kappa shape index (κ2) is 6.02. The number of hydrogen-bond donors (Lipinski definition) is 2. The molecule has 0 heterocycles. The van der Waals surface area contributed by atoms with Gasteiger partial charge < -0.3 is 10.4 Å². The van der Waals surface area contributed by atoms with Gasteiger partial charge in [0.15, 0.2) is 0 Å². The molecule has 0 aliphatic heterocycles. The van der Waals surface area contributed by atoms with E-state index in [2.05, 4.69) is 12.2 Å². The quantitative estimate of drug-likeness (QED) is 0.704. The fourth-order valence-electron chi connectivity index (χ4n) is 2.14. The van der Waals surface area contributed by atoms with E-state index in [1.165, 1.54) is 25.7 Å². The number of carbonyl (C=O) groups is 1. The van der Waals surface area contributed by atoms with E-state index in [1.54, 1.807) is 0 Å². The first-order chi connectivity index (χ1) is 6.74. The van der Waals surface area contributed by atoms with Crippen LogP contribution in [-0.4, -0.2) is 23.7 Å². The first kappa shape index (κ1) is 11.5. The van der Waals surface area contributed by atoms with Crippen molar-refractivity contribution in [3.63, 3.8) is 0 Å². The van der Waals surface area contributed by atoms with Crippen LogP contribution in [-0.2, 0) is 4.79 Å². The van der Waals surface area contributed by atoms with E-state index in [-0.39, 0.29) is 12.5 Å². The predicted molar refractivity (Wildman–Crippen MR) is 55.9 cm³/mol. The van der Waals surface area contributed by atoms with Gasteiger partial charge in [0.1, 0.15) is 0 Å². The first-order valence-electron chi connectivity index (χ1n) is 5.64. The molecule has 1 atom stereocenters. The Bertz CT molecular complexity index is 176. The molecular formula is C11H21NO2. The number of hydrogen-bond acceptors (Lipinski definition) is 2. The monoisotopic (exact) mass is 199 g/mol. The van der Waals surface area contributed by atoms with E-state index in [1.807, 2.05) is 0 Å². The molecule has 1 aliphatic carbocycles. The smallest absolute Gasteiger partial charge is 0.220 e. The predicted octanol–water partition coefficient (Wildman–Crippen LogP) is 1.45. The Balaban J connectivity index is 2.18. The van der Waals surface area contributed by atoms with E-state index in [4.69, 9.17) is 5.11 Å². The molecule has 0 aromatic heterocycles. The van der Waals surface area contributed by atoms with Crippen LogP contribution in [0, 0.1) is 5.92 Å². The van der Waals surface area contributed by atoms with E-state index < -0.39 is 0 Å². The highest BCUT2D eigenvalue weighted by Gasteiger charge is 2.22. The number of aliphatic hydroxyl groups is 1. The number of nitrogens with one attached hydrogen (secondary N) is 1. The lowest BCUT2D eigenvalue weighted by Gasteiger charge is -2.20. The summed E-state index contributed by atoms with van der Waals surface area (Å²) in [6.07, 6.45) is 6.14. The van der Waals surface area contributed by atoms with Gasteiger partial charge in [0.2, 0.25) is 5.91 Å². The third kappa shape index (κ3) is 3.66. The van der Waals surface area contributed by atoms with Gasteiger partial charge in [-0.15, -0.1) is 0 Å². The average Bonchev–Trinajstić information content (AvgIpc) is 2.67. The summed E-state index contributed by atoms with van der Waals surface area (Å²) in [7, 11) is 0. The van der Waals surface area contributed by atoms with Crippen LogP contribution in [0.15, 0.2) is 0 Å². The van der Waals surface area contributed by atoms with Crippen molar-refractivity contribution < 1.29 is 9.90 Å². The Hall–Kier alpha value is -0.570. The van der Waals surface area contributed by atoms with Crippen molar-refractivity contribution in [2.45, 2.75) is 51.5 Å². The Morgan fingerprint density at radius 2 is 2.14 bits per heavy atom. The highest BCUT2D eigenvalue weighted by Crippen LogP contribution is 2.27. The highest BCUT2D eigenvalue weighted by atomic mass is 16.3. The summed E-state index contributed by atoms with van der Waals surface area (Å²) in [5.74, 6) is 0.756. The summed E-state index contributed by atoms with van der Waals surface area (Å²) >= 11 is 0. The average molecular weight is 199 g/mol. The molecule has 0 spiro atoms. The van der Waals surface area contributed by atoms with Crippen LogP contribution >= 0.6 is 0 Å². The third-order valence-electron chi connectivity index (χ3n) is 3.06. The third-order valence-corrected chi connectivity index (χ3v) is 3.06. The van der Waals surface area contributed by atoms with Gasteiger partial charge in [0, 0.05) is 19.1 Å². The summed E-state index contributed by atoms with van der Waals surface area (Å²) in [5.41, 5.74) is 0. The zero-order chi connectivity index (χ0) is 10.4. The SMILES string of the molecule is CC(NC(=O)CCCO)C1CCCC1. The van der Waals surface area contributed by atoms with Crippen molar-refractivity contribution in [1.29, 1.82) is 0 Å². The maximum Gasteiger partial charge on any atom is 0.220 e. The summed E-state index contributed by atoms with van der Waals surface area (Å²) in [6.45, 7) is 2.19. The van der Waals surface area contributed by atoms with Gasteiger partial charge in [-0.05, 0) is 32.1 Å². The van der Waals surface area contributed by atoms with Crippen LogP contribution in [0.1, 0.15) is 45.4 Å². The molecule has 0 saturated heterocycles. The summed E-state index contributed by atoms with van der Waals surface area (Å²) in [5, 5.41) is 11.6. The molecule has 3 nitrogen and oxygen atoms in total. The number of rotatable bonds is 5. The molecule has 2 N–H and O–H groups in total. The molecule has 1 rings (SSSR count). The van der Waals surface area contributed by atoms with Crippen LogP contribution in [0.5, 0.6) is 0 Å². The van der Waals surface area contributed by atoms with E-state index in [0.29, 0.717) is 24.8 Å². The van der Waals surface area contributed by atoms with Gasteiger partial charge in [-0.1, -0.05) is 12.8 Å². The van der Waals surface area contributed by atoms with Crippen LogP contribution in [0.2, 0.25) is 0 Å². The number of carbonyl (C=O) groups excluding carboxylic acids is 1. The Morgan fingerprint density at radius 3 is 2.71 bits per heavy atom. The van der Waals surface area contributed by atoms with Gasteiger partial charge in [-0.3, -0.25) is 4.79 Å². The lowest BCUT2D eigenvalue weighted by molar-refractivity contribution is -0.122. The molecule has 1 fully saturated rings. The van der Waals surface area contributed by atoms with E-state index in [9.17, 15) is 4.79 Å². The number of amides is 1. The second-order valence-corrected chi connectivity index (χ2v) is 4.23. The molecule has 1 unspecified atom stereocenters. The zero-order valence-corrected chi connectivity index (χ0v) is 8.96. The number of aliphatic hydroxyl groups excluding tert-OH is 1. The lowest BCUT2D eigenvalue weighted by Crippen LogP contribution is -2.37. The van der Waals surface area contributed by atoms with Crippen LogP contribution in [0.4, 0.5) is 0 Å². The Labute approximate surface area is 85.9 Å². The molecule has 14 heavy (non-hydrogen) atoms. The Kier molecular flexibility index (Phi) is 4.94. The minimum Gasteiger partial charge on any atom is -0.396 e. The molecule has 0 aromatic rings. The minimum absolute atomic E-state index is 0.0819. The fraction of sp³-hybridized carbons (Fsp3) is 0.909. The van der Waals surface area contributed by atoms with Gasteiger partial charge in [-0.2, -0.15) is 0 Å². The molecule has 0 aromatic carbocycles. The van der Waals surface area contributed by atoms with Crippen LogP contribution in [0.3, 0.4) is 0 Å². The molecule has 0 radical (unpaired) electrons. The fourth-order valence-corrected chi connectivity index (χ4v) is 2.14. The van der Waals surface area contributed by atoms with Crippen molar-refractivity contribution in [3.8, 4) is 0 Å². The van der Waals surface area contributed by atoms with Crippen LogP contribution in [0.25, 0.3) is 0 Å².